The Kier molecular flexibility index (Phi) is 7.51. The van der Waals surface area contributed by atoms with Crippen LogP contribution in [0.4, 0.5) is 9.93 Å². The van der Waals surface area contributed by atoms with Gasteiger partial charge in [0.2, 0.25) is 11.8 Å². The highest BCUT2D eigenvalue weighted by atomic mass is 32.2. The van der Waals surface area contributed by atoms with Gasteiger partial charge in [0.05, 0.1) is 11.9 Å². The molecule has 0 bridgehead atoms. The van der Waals surface area contributed by atoms with E-state index >= 15 is 0 Å². The zero-order valence-electron chi connectivity index (χ0n) is 21.2. The van der Waals surface area contributed by atoms with Crippen molar-refractivity contribution in [2.24, 2.45) is 0 Å². The Morgan fingerprint density at radius 1 is 1.07 bits per heavy atom. The molecule has 1 aliphatic heterocycles. The molecule has 10 nitrogen and oxygen atoms in total. The first-order valence-corrected chi connectivity index (χ1v) is 14.7. The monoisotopic (exact) mass is 575 g/mol. The molecule has 204 valence electrons. The quantitative estimate of drug-likeness (QED) is 0.298. The topological polar surface area (TPSA) is 127 Å². The highest BCUT2D eigenvalue weighted by molar-refractivity contribution is 7.99. The van der Waals surface area contributed by atoms with Crippen LogP contribution in [0.2, 0.25) is 0 Å². The lowest BCUT2D eigenvalue weighted by Gasteiger charge is -2.26. The SMILES string of the molecule is O=C(NC1CC1)c1ccc(-c2csc(NC(=O)[C@@H]3CS[C@H](c4ncco4)N3C(=O)OCc3ccccc3)n2)cc1. The van der Waals surface area contributed by atoms with Crippen molar-refractivity contribution in [3.05, 3.63) is 89.5 Å². The van der Waals surface area contributed by atoms with E-state index in [4.69, 9.17) is 9.15 Å². The molecule has 0 radical (unpaired) electrons. The number of rotatable bonds is 8. The minimum atomic E-state index is -0.818. The largest absolute Gasteiger partial charge is 0.446 e. The summed E-state index contributed by atoms with van der Waals surface area (Å²) in [5, 5.41) is 7.45. The van der Waals surface area contributed by atoms with Gasteiger partial charge in [0.15, 0.2) is 10.5 Å². The summed E-state index contributed by atoms with van der Waals surface area (Å²) in [6.45, 7) is 0.0738. The second-order valence-electron chi connectivity index (χ2n) is 9.37. The van der Waals surface area contributed by atoms with Crippen LogP contribution in [0.5, 0.6) is 0 Å². The highest BCUT2D eigenvalue weighted by Gasteiger charge is 2.45. The van der Waals surface area contributed by atoms with Crippen molar-refractivity contribution < 1.29 is 23.5 Å². The fourth-order valence-electron chi connectivity index (χ4n) is 4.21. The Bertz CT molecular complexity index is 1490. The van der Waals surface area contributed by atoms with Crippen LogP contribution in [0, 0.1) is 0 Å². The summed E-state index contributed by atoms with van der Waals surface area (Å²) in [4.78, 5) is 49.0. The Labute approximate surface area is 238 Å². The maximum Gasteiger partial charge on any atom is 0.412 e. The standard InChI is InChI=1S/C28H25N5O5S2/c34-23(30-20-10-11-20)19-8-6-18(7-9-19)21-15-40-27(31-21)32-24(35)22-16-39-26(25-29-12-13-37-25)33(22)28(36)38-14-17-4-2-1-3-5-17/h1-9,12-13,15,20,22,26H,10-11,14,16H2,(H,30,34)(H,31,32,35)/t22-,26+/m0/s1. The van der Waals surface area contributed by atoms with Crippen molar-refractivity contribution in [2.75, 3.05) is 11.1 Å². The Hall–Kier alpha value is -4.16. The van der Waals surface area contributed by atoms with Gasteiger partial charge in [-0.25, -0.2) is 14.8 Å². The summed E-state index contributed by atoms with van der Waals surface area (Å²) in [6.07, 6.45) is 4.36. The number of carbonyl (C=O) groups excluding carboxylic acids is 3. The third-order valence-corrected chi connectivity index (χ3v) is 8.48. The van der Waals surface area contributed by atoms with Gasteiger partial charge >= 0.3 is 6.09 Å². The first kappa shape index (κ1) is 26.1. The molecule has 6 rings (SSSR count). The summed E-state index contributed by atoms with van der Waals surface area (Å²) in [5.74, 6) is 0.195. The lowest BCUT2D eigenvalue weighted by atomic mass is 10.1. The first-order valence-electron chi connectivity index (χ1n) is 12.7. The van der Waals surface area contributed by atoms with Gasteiger partial charge in [-0.3, -0.25) is 14.5 Å². The lowest BCUT2D eigenvalue weighted by Crippen LogP contribution is -2.45. The van der Waals surface area contributed by atoms with Gasteiger partial charge in [0.25, 0.3) is 5.91 Å². The minimum Gasteiger partial charge on any atom is -0.446 e. The van der Waals surface area contributed by atoms with Gasteiger partial charge in [-0.1, -0.05) is 42.5 Å². The van der Waals surface area contributed by atoms with Gasteiger partial charge in [0, 0.05) is 28.3 Å². The molecule has 2 aliphatic rings. The molecular weight excluding hydrogens is 550 g/mol. The average Bonchev–Trinajstić information content (AvgIpc) is 3.36. The lowest BCUT2D eigenvalue weighted by molar-refractivity contribution is -0.120. The normalized spacial score (nSPS) is 18.4. The molecule has 2 atom stereocenters. The van der Waals surface area contributed by atoms with Crippen LogP contribution in [-0.2, 0) is 16.1 Å². The number of aromatic nitrogens is 2. The van der Waals surface area contributed by atoms with E-state index in [1.807, 2.05) is 47.8 Å². The molecule has 2 aromatic heterocycles. The van der Waals surface area contributed by atoms with Crippen LogP contribution in [0.3, 0.4) is 0 Å². The van der Waals surface area contributed by atoms with Gasteiger partial charge in [-0.05, 0) is 30.5 Å². The molecule has 40 heavy (non-hydrogen) atoms. The molecule has 1 aliphatic carbocycles. The number of nitrogens with one attached hydrogen (secondary N) is 2. The van der Waals surface area contributed by atoms with Crippen molar-refractivity contribution in [3.8, 4) is 11.3 Å². The summed E-state index contributed by atoms with van der Waals surface area (Å²) in [7, 11) is 0. The van der Waals surface area contributed by atoms with Crippen LogP contribution >= 0.6 is 23.1 Å². The molecule has 2 N–H and O–H groups in total. The summed E-state index contributed by atoms with van der Waals surface area (Å²) >= 11 is 2.66. The summed E-state index contributed by atoms with van der Waals surface area (Å²) in [6, 6.07) is 16.0. The van der Waals surface area contributed by atoms with Gasteiger partial charge in [-0.15, -0.1) is 23.1 Å². The van der Waals surface area contributed by atoms with Crippen LogP contribution in [0.25, 0.3) is 11.3 Å². The zero-order chi connectivity index (χ0) is 27.5. The number of thioether (sulfide) groups is 1. The van der Waals surface area contributed by atoms with Crippen molar-refractivity contribution in [1.29, 1.82) is 0 Å². The molecule has 2 fully saturated rings. The van der Waals surface area contributed by atoms with Crippen molar-refractivity contribution in [3.63, 3.8) is 0 Å². The van der Waals surface area contributed by atoms with E-state index in [9.17, 15) is 14.4 Å². The smallest absolute Gasteiger partial charge is 0.412 e. The molecule has 1 saturated heterocycles. The third-order valence-electron chi connectivity index (χ3n) is 6.47. The maximum atomic E-state index is 13.4. The van der Waals surface area contributed by atoms with E-state index in [0.717, 1.165) is 24.0 Å². The number of hydrogen-bond acceptors (Lipinski definition) is 9. The number of nitrogens with zero attached hydrogens (tertiary/aromatic N) is 3. The van der Waals surface area contributed by atoms with E-state index in [2.05, 4.69) is 20.6 Å². The minimum absolute atomic E-state index is 0.0738. The second kappa shape index (κ2) is 11.5. The molecule has 2 aromatic carbocycles. The average molecular weight is 576 g/mol. The van der Waals surface area contributed by atoms with Gasteiger partial charge in [0.1, 0.15) is 18.9 Å². The van der Waals surface area contributed by atoms with Crippen molar-refractivity contribution in [2.45, 2.75) is 36.9 Å². The highest BCUT2D eigenvalue weighted by Crippen LogP contribution is 2.41. The molecule has 0 unspecified atom stereocenters. The molecule has 12 heteroatoms. The van der Waals surface area contributed by atoms with E-state index < -0.39 is 17.5 Å². The zero-order valence-corrected chi connectivity index (χ0v) is 22.8. The molecular formula is C28H25N5O5S2. The van der Waals surface area contributed by atoms with Crippen LogP contribution in [0.1, 0.15) is 40.0 Å². The Morgan fingerprint density at radius 3 is 2.60 bits per heavy atom. The van der Waals surface area contributed by atoms with Gasteiger partial charge in [-0.2, -0.15) is 0 Å². The third kappa shape index (κ3) is 5.87. The number of carbonyl (C=O) groups is 3. The molecule has 1 saturated carbocycles. The fraction of sp³-hybridized carbons (Fsp3) is 0.250. The van der Waals surface area contributed by atoms with E-state index in [-0.39, 0.29) is 18.4 Å². The van der Waals surface area contributed by atoms with E-state index in [0.29, 0.717) is 34.1 Å². The number of thiazole rings is 1. The molecule has 4 aromatic rings. The number of hydrogen-bond donors (Lipinski definition) is 2. The van der Waals surface area contributed by atoms with Crippen LogP contribution in [0.15, 0.2) is 76.9 Å². The summed E-state index contributed by atoms with van der Waals surface area (Å²) < 4.78 is 11.0. The van der Waals surface area contributed by atoms with Crippen LogP contribution < -0.4 is 10.6 Å². The molecule has 3 amide bonds. The fourth-order valence-corrected chi connectivity index (χ4v) is 6.26. The predicted octanol–water partition coefficient (Wildman–Crippen LogP) is 5.08. The second-order valence-corrected chi connectivity index (χ2v) is 11.3. The number of oxazole rings is 1. The Balaban J connectivity index is 1.13. The summed E-state index contributed by atoms with van der Waals surface area (Å²) in [5.41, 5.74) is 2.93. The van der Waals surface area contributed by atoms with E-state index in [1.54, 1.807) is 12.1 Å². The number of benzene rings is 2. The Morgan fingerprint density at radius 2 is 1.88 bits per heavy atom. The van der Waals surface area contributed by atoms with E-state index in [1.165, 1.54) is 40.5 Å². The molecule has 0 spiro atoms. The van der Waals surface area contributed by atoms with Gasteiger partial charge < -0.3 is 19.8 Å². The number of amides is 3. The first-order chi connectivity index (χ1) is 19.5. The van der Waals surface area contributed by atoms with Crippen LogP contribution in [-0.4, -0.2) is 50.6 Å². The number of ether oxygens (including phenoxy) is 1. The maximum absolute atomic E-state index is 13.4. The predicted molar refractivity (Wildman–Crippen MR) is 151 cm³/mol. The van der Waals surface area contributed by atoms with Crippen molar-refractivity contribution >= 4 is 46.1 Å². The molecule has 3 heterocycles. The number of anilines is 1. The van der Waals surface area contributed by atoms with Crippen molar-refractivity contribution in [1.82, 2.24) is 20.2 Å².